The number of alkyl halides is 2. The molecule has 1 amide bonds. The van der Waals surface area contributed by atoms with E-state index in [0.29, 0.717) is 26.1 Å². The fourth-order valence-electron chi connectivity index (χ4n) is 3.57. The predicted molar refractivity (Wildman–Crippen MR) is 102 cm³/mol. The van der Waals surface area contributed by atoms with Gasteiger partial charge in [0.15, 0.2) is 9.84 Å². The van der Waals surface area contributed by atoms with Crippen LogP contribution < -0.4 is 0 Å². The van der Waals surface area contributed by atoms with Crippen LogP contribution >= 0.6 is 23.2 Å². The second-order valence-electron chi connectivity index (χ2n) is 7.50. The number of aryl methyl sites for hydroxylation is 1. The van der Waals surface area contributed by atoms with Gasteiger partial charge < -0.3 is 9.47 Å². The minimum absolute atomic E-state index is 0.0262. The molecule has 0 N–H and O–H groups in total. The van der Waals surface area contributed by atoms with E-state index < -0.39 is 19.6 Å². The average molecular weight is 422 g/mol. The molecule has 1 saturated heterocycles. The van der Waals surface area contributed by atoms with Crippen LogP contribution in [0.5, 0.6) is 0 Å². The molecule has 1 saturated carbocycles. The standard InChI is InChI=1S/C17H25Cl2N3O3S/c1-3-26(24,25)11-10-21-9-6-20-14(21)13-4-7-22(8-5-13)15(23)16(2)12-17(16,18)19/h6,9,13H,3-5,7-8,10-12H2,1-2H3. The summed E-state index contributed by atoms with van der Waals surface area (Å²) in [6.07, 6.45) is 5.65. The van der Waals surface area contributed by atoms with Gasteiger partial charge in [-0.1, -0.05) is 6.92 Å². The lowest BCUT2D eigenvalue weighted by atomic mass is 9.94. The molecule has 146 valence electrons. The largest absolute Gasteiger partial charge is 0.342 e. The minimum Gasteiger partial charge on any atom is -0.342 e. The van der Waals surface area contributed by atoms with Gasteiger partial charge in [0.05, 0.1) is 11.2 Å². The van der Waals surface area contributed by atoms with Crippen molar-refractivity contribution >= 4 is 38.9 Å². The maximum absolute atomic E-state index is 12.7. The molecule has 0 bridgehead atoms. The van der Waals surface area contributed by atoms with Gasteiger partial charge in [-0.2, -0.15) is 0 Å². The first-order chi connectivity index (χ1) is 12.1. The van der Waals surface area contributed by atoms with Crippen LogP contribution in [0, 0.1) is 5.41 Å². The number of piperidine rings is 1. The third-order valence-corrected chi connectivity index (χ3v) is 8.49. The molecule has 0 radical (unpaired) electrons. The summed E-state index contributed by atoms with van der Waals surface area (Å²) in [7, 11) is -3.01. The van der Waals surface area contributed by atoms with E-state index in [2.05, 4.69) is 4.98 Å². The first-order valence-corrected chi connectivity index (χ1v) is 11.6. The Labute approximate surface area is 164 Å². The minimum atomic E-state index is -3.01. The molecule has 1 aliphatic heterocycles. The maximum Gasteiger partial charge on any atom is 0.231 e. The van der Waals surface area contributed by atoms with E-state index in [4.69, 9.17) is 23.2 Å². The Kier molecular flexibility index (Phi) is 5.36. The van der Waals surface area contributed by atoms with Gasteiger partial charge in [0.1, 0.15) is 10.2 Å². The summed E-state index contributed by atoms with van der Waals surface area (Å²) in [5, 5.41) is 0. The van der Waals surface area contributed by atoms with Crippen molar-refractivity contribution in [3.05, 3.63) is 18.2 Å². The lowest BCUT2D eigenvalue weighted by Crippen LogP contribution is -2.43. The fourth-order valence-corrected chi connectivity index (χ4v) is 5.03. The second kappa shape index (κ2) is 6.99. The van der Waals surface area contributed by atoms with E-state index in [1.807, 2.05) is 22.6 Å². The zero-order chi connectivity index (χ0) is 19.2. The van der Waals surface area contributed by atoms with Crippen molar-refractivity contribution in [3.8, 4) is 0 Å². The van der Waals surface area contributed by atoms with Gasteiger partial charge in [0.2, 0.25) is 5.91 Å². The number of amides is 1. The molecule has 1 unspecified atom stereocenters. The quantitative estimate of drug-likeness (QED) is 0.661. The highest BCUT2D eigenvalue weighted by molar-refractivity contribution is 7.91. The summed E-state index contributed by atoms with van der Waals surface area (Å²) in [5.74, 6) is 1.43. The Morgan fingerprint density at radius 2 is 1.96 bits per heavy atom. The van der Waals surface area contributed by atoms with Gasteiger partial charge in [0.25, 0.3) is 0 Å². The number of sulfone groups is 1. The van der Waals surface area contributed by atoms with E-state index in [1.54, 1.807) is 13.1 Å². The highest BCUT2D eigenvalue weighted by Crippen LogP contribution is 2.64. The molecule has 2 heterocycles. The van der Waals surface area contributed by atoms with Crippen LogP contribution in [0.25, 0.3) is 0 Å². The van der Waals surface area contributed by atoms with Crippen LogP contribution in [-0.2, 0) is 21.2 Å². The predicted octanol–water partition coefficient (Wildman–Crippen LogP) is 2.61. The van der Waals surface area contributed by atoms with Crippen LogP contribution in [0.2, 0.25) is 0 Å². The van der Waals surface area contributed by atoms with Crippen LogP contribution in [0.3, 0.4) is 0 Å². The van der Waals surface area contributed by atoms with Gasteiger partial charge >= 0.3 is 0 Å². The summed E-state index contributed by atoms with van der Waals surface area (Å²) >= 11 is 12.3. The van der Waals surface area contributed by atoms with Gasteiger partial charge in [-0.25, -0.2) is 13.4 Å². The molecule has 26 heavy (non-hydrogen) atoms. The van der Waals surface area contributed by atoms with E-state index in [0.717, 1.165) is 18.7 Å². The Hall–Kier alpha value is -0.790. The Bertz CT molecular complexity index is 785. The summed E-state index contributed by atoms with van der Waals surface area (Å²) in [5.41, 5.74) is -0.671. The van der Waals surface area contributed by atoms with Crippen LogP contribution in [0.15, 0.2) is 12.4 Å². The highest BCUT2D eigenvalue weighted by atomic mass is 35.5. The molecule has 1 aliphatic carbocycles. The smallest absolute Gasteiger partial charge is 0.231 e. The third kappa shape index (κ3) is 3.76. The van der Waals surface area contributed by atoms with Crippen molar-refractivity contribution < 1.29 is 13.2 Å². The number of hydrogen-bond acceptors (Lipinski definition) is 4. The number of likely N-dealkylation sites (tertiary alicyclic amines) is 1. The molecule has 9 heteroatoms. The zero-order valence-corrected chi connectivity index (χ0v) is 17.4. The number of aromatic nitrogens is 2. The highest BCUT2D eigenvalue weighted by Gasteiger charge is 2.68. The molecule has 1 atom stereocenters. The monoisotopic (exact) mass is 421 g/mol. The number of imidazole rings is 1. The molecule has 1 aromatic heterocycles. The van der Waals surface area contributed by atoms with E-state index in [9.17, 15) is 13.2 Å². The molecular formula is C17H25Cl2N3O3S. The first kappa shape index (κ1) is 20.0. The van der Waals surface area contributed by atoms with Crippen molar-refractivity contribution in [2.24, 2.45) is 5.41 Å². The second-order valence-corrected chi connectivity index (χ2v) is 11.5. The zero-order valence-electron chi connectivity index (χ0n) is 15.1. The van der Waals surface area contributed by atoms with Gasteiger partial charge in [-0.15, -0.1) is 23.2 Å². The topological polar surface area (TPSA) is 72.3 Å². The molecule has 1 aromatic rings. The van der Waals surface area contributed by atoms with Crippen molar-refractivity contribution in [1.29, 1.82) is 0 Å². The molecular weight excluding hydrogens is 397 g/mol. The summed E-state index contributed by atoms with van der Waals surface area (Å²) < 4.78 is 24.5. The van der Waals surface area contributed by atoms with E-state index in [-0.39, 0.29) is 23.3 Å². The number of halogens is 2. The number of carbonyl (C=O) groups is 1. The Morgan fingerprint density at radius 1 is 1.35 bits per heavy atom. The fraction of sp³-hybridized carbons (Fsp3) is 0.765. The maximum atomic E-state index is 12.7. The van der Waals surface area contributed by atoms with E-state index in [1.165, 1.54) is 0 Å². The van der Waals surface area contributed by atoms with E-state index >= 15 is 0 Å². The molecule has 2 fully saturated rings. The van der Waals surface area contributed by atoms with Crippen LogP contribution in [-0.4, -0.2) is 57.7 Å². The summed E-state index contributed by atoms with van der Waals surface area (Å²) in [6.45, 7) is 5.19. The van der Waals surface area contributed by atoms with Crippen molar-refractivity contribution in [2.75, 3.05) is 24.6 Å². The normalized spacial score (nSPS) is 26.1. The lowest BCUT2D eigenvalue weighted by Gasteiger charge is -2.34. The molecule has 2 aliphatic rings. The van der Waals surface area contributed by atoms with Gasteiger partial charge in [-0.05, 0) is 26.2 Å². The molecule has 0 aromatic carbocycles. The van der Waals surface area contributed by atoms with Crippen LogP contribution in [0.1, 0.15) is 44.9 Å². The van der Waals surface area contributed by atoms with Crippen molar-refractivity contribution in [3.63, 3.8) is 0 Å². The van der Waals surface area contributed by atoms with Crippen LogP contribution in [0.4, 0.5) is 0 Å². The number of nitrogens with zero attached hydrogens (tertiary/aromatic N) is 3. The molecule has 3 rings (SSSR count). The SMILES string of the molecule is CCS(=O)(=O)CCn1ccnc1C1CCN(C(=O)C2(C)CC2(Cl)Cl)CC1. The lowest BCUT2D eigenvalue weighted by molar-refractivity contribution is -0.137. The molecule has 0 spiro atoms. The Balaban J connectivity index is 1.59. The van der Waals surface area contributed by atoms with Gasteiger partial charge in [-0.3, -0.25) is 4.79 Å². The molecule has 6 nitrogen and oxygen atoms in total. The summed E-state index contributed by atoms with van der Waals surface area (Å²) in [6, 6.07) is 0. The van der Waals surface area contributed by atoms with Crippen molar-refractivity contribution in [1.82, 2.24) is 14.5 Å². The van der Waals surface area contributed by atoms with Crippen molar-refractivity contribution in [2.45, 2.75) is 49.9 Å². The number of rotatable bonds is 6. The first-order valence-electron chi connectivity index (χ1n) is 8.98. The average Bonchev–Trinajstić information content (AvgIpc) is 2.96. The number of hydrogen-bond donors (Lipinski definition) is 0. The van der Waals surface area contributed by atoms with Gasteiger partial charge in [0, 0.05) is 43.7 Å². The number of carbonyl (C=O) groups excluding carboxylic acids is 1. The summed E-state index contributed by atoms with van der Waals surface area (Å²) in [4.78, 5) is 19.0. The Morgan fingerprint density at radius 3 is 2.50 bits per heavy atom. The third-order valence-electron chi connectivity index (χ3n) is 5.71.